The molecule has 0 bridgehead atoms. The van der Waals surface area contributed by atoms with Crippen LogP contribution in [-0.4, -0.2) is 13.0 Å². The quantitative estimate of drug-likeness (QED) is 0.415. The van der Waals surface area contributed by atoms with Crippen LogP contribution in [0.4, 0.5) is 15.8 Å². The van der Waals surface area contributed by atoms with E-state index in [-0.39, 0.29) is 5.91 Å². The zero-order valence-corrected chi connectivity index (χ0v) is 17.4. The molecule has 0 heterocycles. The lowest BCUT2D eigenvalue weighted by atomic mass is 10.1. The summed E-state index contributed by atoms with van der Waals surface area (Å²) in [5.41, 5.74) is 3.01. The lowest BCUT2D eigenvalue weighted by Gasteiger charge is -2.13. The molecule has 3 rings (SSSR count). The van der Waals surface area contributed by atoms with Gasteiger partial charge < -0.3 is 10.2 Å². The summed E-state index contributed by atoms with van der Waals surface area (Å²) < 4.78 is 14.9. The molecule has 0 spiro atoms. The molecule has 0 unspecified atom stereocenters. The molecule has 0 radical (unpaired) electrons. The molecule has 0 aliphatic carbocycles. The molecule has 28 heavy (non-hydrogen) atoms. The van der Waals surface area contributed by atoms with E-state index in [4.69, 9.17) is 0 Å². The van der Waals surface area contributed by atoms with E-state index in [0.717, 1.165) is 14.8 Å². The van der Waals surface area contributed by atoms with E-state index in [0.29, 0.717) is 17.8 Å². The van der Waals surface area contributed by atoms with Crippen LogP contribution in [-0.2, 0) is 11.3 Å². The van der Waals surface area contributed by atoms with Crippen LogP contribution < -0.4 is 10.2 Å². The molecule has 1 amide bonds. The standard InChI is InChI=1S/C23H18FIN2O/c1-27(20-8-3-2-4-9-20)23(28)14-11-17-15-19(24)12-13-22(17)26-16-18-7-5-6-10-21(18)25/h2-10,12-13,15,26H,16H2,1H3. The molecule has 3 aromatic rings. The maximum absolute atomic E-state index is 13.7. The van der Waals surface area contributed by atoms with E-state index in [2.05, 4.69) is 39.7 Å². The fraction of sp³-hybridized carbons (Fsp3) is 0.0870. The normalized spacial score (nSPS) is 9.96. The minimum Gasteiger partial charge on any atom is -0.380 e. The van der Waals surface area contributed by atoms with Crippen LogP contribution >= 0.6 is 22.6 Å². The molecule has 0 aliphatic rings. The monoisotopic (exact) mass is 484 g/mol. The van der Waals surface area contributed by atoms with Crippen LogP contribution in [0.25, 0.3) is 0 Å². The van der Waals surface area contributed by atoms with Gasteiger partial charge in [-0.05, 0) is 64.6 Å². The Morgan fingerprint density at radius 1 is 1.07 bits per heavy atom. The number of hydrogen-bond donors (Lipinski definition) is 1. The van der Waals surface area contributed by atoms with Crippen LogP contribution in [0, 0.1) is 21.2 Å². The van der Waals surface area contributed by atoms with Gasteiger partial charge in [0.1, 0.15) is 5.82 Å². The van der Waals surface area contributed by atoms with Crippen LogP contribution in [0.1, 0.15) is 11.1 Å². The third-order valence-corrected chi connectivity index (χ3v) is 5.21. The Balaban J connectivity index is 1.79. The smallest absolute Gasteiger partial charge is 0.302 e. The highest BCUT2D eigenvalue weighted by Crippen LogP contribution is 2.19. The number of rotatable bonds is 4. The molecule has 3 aromatic carbocycles. The van der Waals surface area contributed by atoms with Gasteiger partial charge in [0.15, 0.2) is 0 Å². The zero-order chi connectivity index (χ0) is 19.9. The van der Waals surface area contributed by atoms with E-state index in [1.807, 2.05) is 54.6 Å². The summed E-state index contributed by atoms with van der Waals surface area (Å²) in [7, 11) is 1.66. The first-order chi connectivity index (χ1) is 13.5. The van der Waals surface area contributed by atoms with Crippen LogP contribution in [0.2, 0.25) is 0 Å². The summed E-state index contributed by atoms with van der Waals surface area (Å²) in [6.45, 7) is 0.581. The summed E-state index contributed by atoms with van der Waals surface area (Å²) in [5, 5.41) is 3.28. The topological polar surface area (TPSA) is 32.3 Å². The van der Waals surface area contributed by atoms with Crippen molar-refractivity contribution in [3.05, 3.63) is 93.3 Å². The Bertz CT molecular complexity index is 1040. The highest BCUT2D eigenvalue weighted by Gasteiger charge is 2.08. The minimum absolute atomic E-state index is 0.362. The van der Waals surface area contributed by atoms with Crippen molar-refractivity contribution in [1.82, 2.24) is 0 Å². The Labute approximate surface area is 177 Å². The van der Waals surface area contributed by atoms with Gasteiger partial charge in [-0.1, -0.05) is 42.3 Å². The Hall–Kier alpha value is -2.85. The maximum atomic E-state index is 13.7. The molecule has 140 valence electrons. The highest BCUT2D eigenvalue weighted by atomic mass is 127. The van der Waals surface area contributed by atoms with Crippen molar-refractivity contribution < 1.29 is 9.18 Å². The molecule has 0 aromatic heterocycles. The summed E-state index contributed by atoms with van der Waals surface area (Å²) in [6.07, 6.45) is 0. The van der Waals surface area contributed by atoms with Crippen LogP contribution in [0.3, 0.4) is 0 Å². The predicted octanol–water partition coefficient (Wildman–Crippen LogP) is 5.06. The third-order valence-electron chi connectivity index (χ3n) is 4.16. The molecule has 1 N–H and O–H groups in total. The molecular formula is C23H18FIN2O. The van der Waals surface area contributed by atoms with Crippen molar-refractivity contribution in [3.8, 4) is 11.8 Å². The van der Waals surface area contributed by atoms with E-state index in [1.165, 1.54) is 17.0 Å². The fourth-order valence-corrected chi connectivity index (χ4v) is 3.16. The molecular weight excluding hydrogens is 466 g/mol. The predicted molar refractivity (Wildman–Crippen MR) is 120 cm³/mol. The minimum atomic E-state index is -0.395. The molecule has 0 fully saturated rings. The third kappa shape index (κ3) is 5.11. The van der Waals surface area contributed by atoms with Crippen LogP contribution in [0.15, 0.2) is 72.8 Å². The van der Waals surface area contributed by atoms with E-state index >= 15 is 0 Å². The fourth-order valence-electron chi connectivity index (χ4n) is 2.58. The van der Waals surface area contributed by atoms with E-state index in [1.54, 1.807) is 13.1 Å². The number of para-hydroxylation sites is 1. The van der Waals surface area contributed by atoms with Gasteiger partial charge in [-0.2, -0.15) is 0 Å². The maximum Gasteiger partial charge on any atom is 0.302 e. The average molecular weight is 484 g/mol. The SMILES string of the molecule is CN(C(=O)C#Cc1cc(F)ccc1NCc1ccccc1I)c1ccccc1. The zero-order valence-electron chi connectivity index (χ0n) is 15.2. The molecule has 0 aliphatic heterocycles. The summed E-state index contributed by atoms with van der Waals surface area (Å²) >= 11 is 2.28. The van der Waals surface area contributed by atoms with E-state index in [9.17, 15) is 9.18 Å². The first-order valence-corrected chi connectivity index (χ1v) is 9.74. The number of nitrogens with zero attached hydrogens (tertiary/aromatic N) is 1. The highest BCUT2D eigenvalue weighted by molar-refractivity contribution is 14.1. The van der Waals surface area contributed by atoms with Gasteiger partial charge in [0.2, 0.25) is 0 Å². The van der Waals surface area contributed by atoms with Gasteiger partial charge in [-0.25, -0.2) is 4.39 Å². The Morgan fingerprint density at radius 2 is 1.79 bits per heavy atom. The number of hydrogen-bond acceptors (Lipinski definition) is 2. The second-order valence-electron chi connectivity index (χ2n) is 6.08. The number of carbonyl (C=O) groups excluding carboxylic acids is 1. The Morgan fingerprint density at radius 3 is 2.54 bits per heavy atom. The summed E-state index contributed by atoms with van der Waals surface area (Å²) in [4.78, 5) is 13.8. The average Bonchev–Trinajstić information content (AvgIpc) is 2.72. The largest absolute Gasteiger partial charge is 0.380 e. The lowest BCUT2D eigenvalue weighted by Crippen LogP contribution is -2.24. The van der Waals surface area contributed by atoms with Gasteiger partial charge >= 0.3 is 5.91 Å². The van der Waals surface area contributed by atoms with Crippen molar-refractivity contribution >= 4 is 39.9 Å². The molecule has 0 saturated carbocycles. The van der Waals surface area contributed by atoms with Gasteiger partial charge in [-0.15, -0.1) is 0 Å². The second kappa shape index (κ2) is 9.38. The second-order valence-corrected chi connectivity index (χ2v) is 7.25. The van der Waals surface area contributed by atoms with Gasteiger partial charge in [-0.3, -0.25) is 4.79 Å². The van der Waals surface area contributed by atoms with Crippen molar-refractivity contribution in [2.24, 2.45) is 0 Å². The molecule has 0 atom stereocenters. The van der Waals surface area contributed by atoms with Crippen molar-refractivity contribution in [2.45, 2.75) is 6.54 Å². The van der Waals surface area contributed by atoms with Crippen molar-refractivity contribution in [1.29, 1.82) is 0 Å². The first kappa shape index (κ1) is 19.9. The summed E-state index contributed by atoms with van der Waals surface area (Å²) in [5.74, 6) is 4.66. The molecule has 3 nitrogen and oxygen atoms in total. The lowest BCUT2D eigenvalue weighted by molar-refractivity contribution is -0.113. The number of amides is 1. The van der Waals surface area contributed by atoms with Gasteiger partial charge in [0.25, 0.3) is 0 Å². The number of benzene rings is 3. The van der Waals surface area contributed by atoms with E-state index < -0.39 is 5.82 Å². The van der Waals surface area contributed by atoms with Gasteiger partial charge in [0, 0.05) is 28.8 Å². The van der Waals surface area contributed by atoms with Crippen molar-refractivity contribution in [2.75, 3.05) is 17.3 Å². The molecule has 5 heteroatoms. The van der Waals surface area contributed by atoms with Crippen LogP contribution in [0.5, 0.6) is 0 Å². The van der Waals surface area contributed by atoms with Gasteiger partial charge in [0.05, 0.1) is 11.3 Å². The van der Waals surface area contributed by atoms with Crippen molar-refractivity contribution in [3.63, 3.8) is 0 Å². The first-order valence-electron chi connectivity index (χ1n) is 8.66. The Kier molecular flexibility index (Phi) is 6.66. The molecule has 0 saturated heterocycles. The number of halogens is 2. The number of carbonyl (C=O) groups is 1. The number of anilines is 2. The number of nitrogens with one attached hydrogen (secondary N) is 1. The summed E-state index contributed by atoms with van der Waals surface area (Å²) in [6, 6.07) is 21.6.